The van der Waals surface area contributed by atoms with Crippen molar-refractivity contribution in [1.82, 2.24) is 4.98 Å². The van der Waals surface area contributed by atoms with Crippen molar-refractivity contribution < 1.29 is 4.39 Å². The van der Waals surface area contributed by atoms with Gasteiger partial charge in [-0.05, 0) is 24.6 Å². The first-order chi connectivity index (χ1) is 8.58. The predicted octanol–water partition coefficient (Wildman–Crippen LogP) is 3.63. The second-order valence-corrected chi connectivity index (χ2v) is 4.41. The van der Waals surface area contributed by atoms with Gasteiger partial charge in [0.15, 0.2) is 0 Å². The SMILES string of the molecule is CC(Nc1c(N)cncc1Cl)c1cccc(F)c1. The molecule has 0 aliphatic heterocycles. The molecule has 2 aromatic rings. The second-order valence-electron chi connectivity index (χ2n) is 4.01. The maximum atomic E-state index is 13.1. The van der Waals surface area contributed by atoms with Gasteiger partial charge in [-0.25, -0.2) is 4.39 Å². The summed E-state index contributed by atoms with van der Waals surface area (Å²) in [6.07, 6.45) is 3.03. The van der Waals surface area contributed by atoms with Crippen molar-refractivity contribution in [1.29, 1.82) is 0 Å². The maximum absolute atomic E-state index is 13.1. The lowest BCUT2D eigenvalue weighted by Crippen LogP contribution is -2.09. The van der Waals surface area contributed by atoms with Crippen molar-refractivity contribution in [3.05, 3.63) is 53.1 Å². The normalized spacial score (nSPS) is 12.2. The van der Waals surface area contributed by atoms with E-state index in [4.69, 9.17) is 17.3 Å². The molecule has 2 rings (SSSR count). The van der Waals surface area contributed by atoms with Crippen LogP contribution >= 0.6 is 11.6 Å². The highest BCUT2D eigenvalue weighted by Crippen LogP contribution is 2.30. The molecule has 0 aliphatic rings. The van der Waals surface area contributed by atoms with Crippen LogP contribution in [0.1, 0.15) is 18.5 Å². The number of pyridine rings is 1. The predicted molar refractivity (Wildman–Crippen MR) is 72.1 cm³/mol. The Balaban J connectivity index is 2.24. The zero-order valence-electron chi connectivity index (χ0n) is 9.82. The molecule has 3 N–H and O–H groups in total. The summed E-state index contributed by atoms with van der Waals surface area (Å²) in [6.45, 7) is 1.91. The molecule has 1 atom stereocenters. The van der Waals surface area contributed by atoms with E-state index in [9.17, 15) is 4.39 Å². The Morgan fingerprint density at radius 1 is 1.39 bits per heavy atom. The lowest BCUT2D eigenvalue weighted by atomic mass is 10.1. The molecule has 0 spiro atoms. The van der Waals surface area contributed by atoms with Crippen molar-refractivity contribution >= 4 is 23.0 Å². The van der Waals surface area contributed by atoms with Crippen LogP contribution in [-0.4, -0.2) is 4.98 Å². The standard InChI is InChI=1S/C13H13ClFN3/c1-8(9-3-2-4-10(15)5-9)18-13-11(14)6-17-7-12(13)16/h2-8H,16H2,1H3,(H,17,18). The van der Waals surface area contributed by atoms with Crippen LogP contribution in [0.15, 0.2) is 36.7 Å². The number of halogens is 2. The quantitative estimate of drug-likeness (QED) is 0.891. The van der Waals surface area contributed by atoms with Gasteiger partial charge in [-0.2, -0.15) is 0 Å². The summed E-state index contributed by atoms with van der Waals surface area (Å²) in [4.78, 5) is 3.88. The second kappa shape index (κ2) is 5.23. The first kappa shape index (κ1) is 12.6. The molecule has 18 heavy (non-hydrogen) atoms. The van der Waals surface area contributed by atoms with Crippen LogP contribution in [0.4, 0.5) is 15.8 Å². The fourth-order valence-corrected chi connectivity index (χ4v) is 1.90. The number of aromatic nitrogens is 1. The molecular formula is C13H13ClFN3. The third-order valence-electron chi connectivity index (χ3n) is 2.64. The third kappa shape index (κ3) is 2.71. The molecular weight excluding hydrogens is 253 g/mol. The highest BCUT2D eigenvalue weighted by atomic mass is 35.5. The molecule has 5 heteroatoms. The van der Waals surface area contributed by atoms with Crippen LogP contribution in [-0.2, 0) is 0 Å². The van der Waals surface area contributed by atoms with Gasteiger partial charge >= 0.3 is 0 Å². The van der Waals surface area contributed by atoms with Crippen molar-refractivity contribution in [3.63, 3.8) is 0 Å². The van der Waals surface area contributed by atoms with E-state index in [-0.39, 0.29) is 11.9 Å². The Labute approximate surface area is 110 Å². The fourth-order valence-electron chi connectivity index (χ4n) is 1.68. The molecule has 0 bridgehead atoms. The number of nitrogens with one attached hydrogen (secondary N) is 1. The molecule has 1 heterocycles. The van der Waals surface area contributed by atoms with Crippen LogP contribution in [0.25, 0.3) is 0 Å². The van der Waals surface area contributed by atoms with E-state index in [1.54, 1.807) is 6.07 Å². The van der Waals surface area contributed by atoms with Crippen LogP contribution in [0.5, 0.6) is 0 Å². The van der Waals surface area contributed by atoms with Crippen LogP contribution in [0.3, 0.4) is 0 Å². The number of hydrogen-bond acceptors (Lipinski definition) is 3. The summed E-state index contributed by atoms with van der Waals surface area (Å²) in [7, 11) is 0. The molecule has 94 valence electrons. The molecule has 0 fully saturated rings. The van der Waals surface area contributed by atoms with Gasteiger partial charge in [0.05, 0.1) is 22.6 Å². The van der Waals surface area contributed by atoms with Crippen molar-refractivity contribution in [2.45, 2.75) is 13.0 Å². The zero-order chi connectivity index (χ0) is 13.1. The van der Waals surface area contributed by atoms with Gasteiger partial charge in [-0.15, -0.1) is 0 Å². The van der Waals surface area contributed by atoms with Crippen molar-refractivity contribution in [2.24, 2.45) is 0 Å². The first-order valence-corrected chi connectivity index (χ1v) is 5.86. The molecule has 0 saturated carbocycles. The number of nitrogens with two attached hydrogens (primary N) is 1. The summed E-state index contributed by atoms with van der Waals surface area (Å²) in [5.74, 6) is -0.269. The largest absolute Gasteiger partial charge is 0.396 e. The number of nitrogen functional groups attached to an aromatic ring is 1. The average Bonchev–Trinajstić information content (AvgIpc) is 2.34. The molecule has 1 unspecified atom stereocenters. The van der Waals surface area contributed by atoms with E-state index < -0.39 is 0 Å². The van der Waals surface area contributed by atoms with Crippen molar-refractivity contribution in [2.75, 3.05) is 11.1 Å². The number of hydrogen-bond donors (Lipinski definition) is 2. The molecule has 0 radical (unpaired) electrons. The Hall–Kier alpha value is -1.81. The highest BCUT2D eigenvalue weighted by Gasteiger charge is 2.11. The van der Waals surface area contributed by atoms with Crippen molar-refractivity contribution in [3.8, 4) is 0 Å². The van der Waals surface area contributed by atoms with E-state index in [1.807, 2.05) is 13.0 Å². The summed E-state index contributed by atoms with van der Waals surface area (Å²) in [5, 5.41) is 3.60. The third-order valence-corrected chi connectivity index (χ3v) is 2.93. The van der Waals surface area contributed by atoms with Crippen LogP contribution in [0.2, 0.25) is 5.02 Å². The monoisotopic (exact) mass is 265 g/mol. The van der Waals surface area contributed by atoms with E-state index >= 15 is 0 Å². The van der Waals surface area contributed by atoms with E-state index in [2.05, 4.69) is 10.3 Å². The highest BCUT2D eigenvalue weighted by molar-refractivity contribution is 6.33. The van der Waals surface area contributed by atoms with Gasteiger partial charge in [0.1, 0.15) is 5.82 Å². The van der Waals surface area contributed by atoms with Crippen LogP contribution < -0.4 is 11.1 Å². The molecule has 1 aromatic heterocycles. The lowest BCUT2D eigenvalue weighted by molar-refractivity contribution is 0.623. The van der Waals surface area contributed by atoms with Gasteiger partial charge in [0, 0.05) is 12.2 Å². The molecule has 0 saturated heterocycles. The van der Waals surface area contributed by atoms with Gasteiger partial charge in [0.25, 0.3) is 0 Å². The number of anilines is 2. The lowest BCUT2D eigenvalue weighted by Gasteiger charge is -2.18. The Morgan fingerprint density at radius 2 is 2.17 bits per heavy atom. The molecule has 0 aliphatic carbocycles. The Kier molecular flexibility index (Phi) is 3.67. The van der Waals surface area contributed by atoms with E-state index in [1.165, 1.54) is 24.5 Å². The van der Waals surface area contributed by atoms with Gasteiger partial charge < -0.3 is 11.1 Å². The van der Waals surface area contributed by atoms with Gasteiger partial charge in [0.2, 0.25) is 0 Å². The maximum Gasteiger partial charge on any atom is 0.123 e. The van der Waals surface area contributed by atoms with Gasteiger partial charge in [-0.1, -0.05) is 23.7 Å². The number of benzene rings is 1. The smallest absolute Gasteiger partial charge is 0.123 e. The zero-order valence-corrected chi connectivity index (χ0v) is 10.6. The Bertz CT molecular complexity index is 539. The number of nitrogens with zero attached hydrogens (tertiary/aromatic N) is 1. The van der Waals surface area contributed by atoms with E-state index in [0.29, 0.717) is 16.4 Å². The number of rotatable bonds is 3. The Morgan fingerprint density at radius 3 is 2.83 bits per heavy atom. The summed E-state index contributed by atoms with van der Waals surface area (Å²) in [5.41, 5.74) is 7.69. The summed E-state index contributed by atoms with van der Waals surface area (Å²) < 4.78 is 13.1. The topological polar surface area (TPSA) is 50.9 Å². The first-order valence-electron chi connectivity index (χ1n) is 5.49. The molecule has 1 aromatic carbocycles. The molecule has 0 amide bonds. The minimum Gasteiger partial charge on any atom is -0.396 e. The average molecular weight is 266 g/mol. The molecule has 3 nitrogen and oxygen atoms in total. The van der Waals surface area contributed by atoms with Gasteiger partial charge in [-0.3, -0.25) is 4.98 Å². The van der Waals surface area contributed by atoms with E-state index in [0.717, 1.165) is 5.56 Å². The summed E-state index contributed by atoms with van der Waals surface area (Å²) >= 11 is 6.01. The summed E-state index contributed by atoms with van der Waals surface area (Å²) in [6, 6.07) is 6.28. The minimum absolute atomic E-state index is 0.108. The minimum atomic E-state index is -0.269. The van der Waals surface area contributed by atoms with Crippen LogP contribution in [0, 0.1) is 5.82 Å². The fraction of sp³-hybridized carbons (Fsp3) is 0.154.